The molecule has 2 atom stereocenters. The van der Waals surface area contributed by atoms with Crippen LogP contribution in [0.1, 0.15) is 49.4 Å². The number of carbonyl (C=O) groups is 2. The van der Waals surface area contributed by atoms with Crippen molar-refractivity contribution in [3.8, 4) is 0 Å². The highest BCUT2D eigenvalue weighted by Crippen LogP contribution is 2.39. The van der Waals surface area contributed by atoms with Crippen LogP contribution in [0, 0.1) is 0 Å². The van der Waals surface area contributed by atoms with Crippen LogP contribution in [-0.2, 0) is 9.59 Å². The van der Waals surface area contributed by atoms with E-state index in [1.807, 2.05) is 30.3 Å². The van der Waals surface area contributed by atoms with Gasteiger partial charge in [-0.3, -0.25) is 9.59 Å². The Morgan fingerprint density at radius 2 is 1.61 bits per heavy atom. The maximum Gasteiger partial charge on any atom is 0.295 e. The minimum Gasteiger partial charge on any atom is -0.507 e. The summed E-state index contributed by atoms with van der Waals surface area (Å²) in [5.41, 5.74) is 2.39. The zero-order valence-corrected chi connectivity index (χ0v) is 16.3. The molecular weight excluding hydrogens is 354 g/mol. The molecule has 2 N–H and O–H groups in total. The molecule has 2 unspecified atom stereocenters. The number of aliphatic hydroxyl groups excluding tert-OH is 2. The van der Waals surface area contributed by atoms with Crippen molar-refractivity contribution in [3.05, 3.63) is 76.9 Å². The molecule has 5 heteroatoms. The summed E-state index contributed by atoms with van der Waals surface area (Å²) in [4.78, 5) is 26.8. The van der Waals surface area contributed by atoms with E-state index >= 15 is 0 Å². The van der Waals surface area contributed by atoms with Crippen LogP contribution in [-0.4, -0.2) is 39.5 Å². The van der Waals surface area contributed by atoms with Crippen LogP contribution < -0.4 is 0 Å². The molecule has 1 fully saturated rings. The van der Waals surface area contributed by atoms with Crippen LogP contribution in [0.15, 0.2) is 60.2 Å². The maximum absolute atomic E-state index is 12.8. The van der Waals surface area contributed by atoms with Gasteiger partial charge in [-0.05, 0) is 24.0 Å². The van der Waals surface area contributed by atoms with Gasteiger partial charge in [0.15, 0.2) is 0 Å². The summed E-state index contributed by atoms with van der Waals surface area (Å²) < 4.78 is 0. The molecule has 0 bridgehead atoms. The highest BCUT2D eigenvalue weighted by molar-refractivity contribution is 6.46. The number of aliphatic hydroxyl groups is 2. The molecule has 28 heavy (non-hydrogen) atoms. The van der Waals surface area contributed by atoms with Crippen molar-refractivity contribution in [1.82, 2.24) is 4.90 Å². The number of likely N-dealkylation sites (tertiary alicyclic amines) is 1. The average Bonchev–Trinajstić information content (AvgIpc) is 2.92. The summed E-state index contributed by atoms with van der Waals surface area (Å²) >= 11 is 0. The molecule has 146 valence electrons. The summed E-state index contributed by atoms with van der Waals surface area (Å²) in [6, 6.07) is 15.6. The number of ketones is 1. The molecule has 0 saturated carbocycles. The minimum atomic E-state index is -0.799. The van der Waals surface area contributed by atoms with Gasteiger partial charge >= 0.3 is 0 Å². The number of Topliss-reactive ketones (excluding diaryl/α,β-unsaturated/α-hetero) is 1. The molecule has 1 aliphatic heterocycles. The summed E-state index contributed by atoms with van der Waals surface area (Å²) in [5, 5.41) is 20.7. The fraction of sp³-hybridized carbons (Fsp3) is 0.304. The van der Waals surface area contributed by atoms with Crippen molar-refractivity contribution in [3.63, 3.8) is 0 Å². The van der Waals surface area contributed by atoms with E-state index in [9.17, 15) is 19.8 Å². The highest BCUT2D eigenvalue weighted by Gasteiger charge is 2.46. The van der Waals surface area contributed by atoms with E-state index < -0.39 is 23.8 Å². The molecule has 5 nitrogen and oxygen atoms in total. The summed E-state index contributed by atoms with van der Waals surface area (Å²) in [5.74, 6) is -1.30. The van der Waals surface area contributed by atoms with E-state index in [0.29, 0.717) is 11.5 Å². The Hall–Kier alpha value is -2.92. The van der Waals surface area contributed by atoms with Gasteiger partial charge in [-0.25, -0.2) is 0 Å². The Morgan fingerprint density at radius 3 is 2.14 bits per heavy atom. The zero-order chi connectivity index (χ0) is 20.4. The first-order valence-corrected chi connectivity index (χ1v) is 9.43. The number of nitrogens with zero attached hydrogens (tertiary/aromatic N) is 1. The lowest BCUT2D eigenvalue weighted by Gasteiger charge is -2.26. The second-order valence-electron chi connectivity index (χ2n) is 7.49. The molecule has 0 spiro atoms. The number of β-amino-alcohol motifs (C(OH)–C–C–N with tert-alkyl or cyclic N) is 1. The molecule has 1 aliphatic rings. The topological polar surface area (TPSA) is 77.8 Å². The van der Waals surface area contributed by atoms with Gasteiger partial charge in [0.05, 0.1) is 17.7 Å². The molecule has 1 amide bonds. The highest BCUT2D eigenvalue weighted by atomic mass is 16.3. The van der Waals surface area contributed by atoms with Crippen molar-refractivity contribution in [1.29, 1.82) is 0 Å². The second kappa shape index (κ2) is 7.98. The largest absolute Gasteiger partial charge is 0.507 e. The van der Waals surface area contributed by atoms with Crippen LogP contribution >= 0.6 is 0 Å². The smallest absolute Gasteiger partial charge is 0.295 e. The summed E-state index contributed by atoms with van der Waals surface area (Å²) in [6.45, 7) is 5.75. The number of hydrogen-bond donors (Lipinski definition) is 2. The number of rotatable bonds is 5. The van der Waals surface area contributed by atoms with E-state index in [0.717, 1.165) is 11.1 Å². The van der Waals surface area contributed by atoms with Gasteiger partial charge in [-0.15, -0.1) is 0 Å². The minimum absolute atomic E-state index is 0.00669. The average molecular weight is 379 g/mol. The van der Waals surface area contributed by atoms with Gasteiger partial charge in [-0.2, -0.15) is 0 Å². The van der Waals surface area contributed by atoms with E-state index in [-0.39, 0.29) is 17.9 Å². The van der Waals surface area contributed by atoms with Crippen LogP contribution in [0.2, 0.25) is 0 Å². The van der Waals surface area contributed by atoms with Crippen molar-refractivity contribution in [2.24, 2.45) is 0 Å². The standard InChI is InChI=1S/C23H25NO4/c1-14(2)16-9-11-17(12-10-16)20-19(21(26)18-7-5-4-6-8-18)22(27)23(28)24(20)13-15(3)25/h4-12,14-15,20,25-26H,13H2,1-3H3. The van der Waals surface area contributed by atoms with Crippen molar-refractivity contribution < 1.29 is 19.8 Å². The molecule has 0 aromatic heterocycles. The van der Waals surface area contributed by atoms with Crippen LogP contribution in [0.5, 0.6) is 0 Å². The third-order valence-corrected chi connectivity index (χ3v) is 4.97. The van der Waals surface area contributed by atoms with Crippen molar-refractivity contribution in [2.75, 3.05) is 6.54 Å². The molecule has 2 aromatic rings. The molecule has 1 heterocycles. The Bertz CT molecular complexity index is 898. The fourth-order valence-electron chi connectivity index (χ4n) is 3.51. The SMILES string of the molecule is CC(O)CN1C(=O)C(=O)C(=C(O)c2ccccc2)C1c1ccc(C(C)C)cc1. The molecule has 0 radical (unpaired) electrons. The fourth-order valence-corrected chi connectivity index (χ4v) is 3.51. The molecule has 2 aromatic carbocycles. The van der Waals surface area contributed by atoms with Gasteiger partial charge in [0.2, 0.25) is 0 Å². The van der Waals surface area contributed by atoms with Gasteiger partial charge in [-0.1, -0.05) is 68.4 Å². The Balaban J connectivity index is 2.15. The number of carbonyl (C=O) groups excluding carboxylic acids is 2. The maximum atomic E-state index is 12.8. The second-order valence-corrected chi connectivity index (χ2v) is 7.49. The summed E-state index contributed by atoms with van der Waals surface area (Å²) in [7, 11) is 0. The zero-order valence-electron chi connectivity index (χ0n) is 16.3. The predicted molar refractivity (Wildman–Crippen MR) is 108 cm³/mol. The van der Waals surface area contributed by atoms with Gasteiger partial charge in [0, 0.05) is 12.1 Å². The number of benzene rings is 2. The molecule has 0 aliphatic carbocycles. The monoisotopic (exact) mass is 379 g/mol. The number of hydrogen-bond acceptors (Lipinski definition) is 4. The van der Waals surface area contributed by atoms with E-state index in [1.54, 1.807) is 31.2 Å². The predicted octanol–water partition coefficient (Wildman–Crippen LogP) is 3.61. The lowest BCUT2D eigenvalue weighted by molar-refractivity contribution is -0.140. The van der Waals surface area contributed by atoms with Crippen LogP contribution in [0.25, 0.3) is 5.76 Å². The molecule has 1 saturated heterocycles. The molecule has 3 rings (SSSR count). The first-order chi connectivity index (χ1) is 13.3. The van der Waals surface area contributed by atoms with E-state index in [1.165, 1.54) is 4.90 Å². The Labute approximate surface area is 164 Å². The van der Waals surface area contributed by atoms with Crippen LogP contribution in [0.3, 0.4) is 0 Å². The lowest BCUT2D eigenvalue weighted by atomic mass is 9.93. The van der Waals surface area contributed by atoms with Gasteiger partial charge < -0.3 is 15.1 Å². The third kappa shape index (κ3) is 3.71. The summed E-state index contributed by atoms with van der Waals surface area (Å²) in [6.07, 6.45) is -0.799. The first kappa shape index (κ1) is 19.8. The Morgan fingerprint density at radius 1 is 1.00 bits per heavy atom. The third-order valence-electron chi connectivity index (χ3n) is 4.97. The first-order valence-electron chi connectivity index (χ1n) is 9.43. The van der Waals surface area contributed by atoms with Gasteiger partial charge in [0.25, 0.3) is 11.7 Å². The Kier molecular flexibility index (Phi) is 5.66. The van der Waals surface area contributed by atoms with E-state index in [2.05, 4.69) is 13.8 Å². The van der Waals surface area contributed by atoms with Crippen molar-refractivity contribution >= 4 is 17.4 Å². The lowest BCUT2D eigenvalue weighted by Crippen LogP contribution is -2.35. The van der Waals surface area contributed by atoms with Gasteiger partial charge in [0.1, 0.15) is 5.76 Å². The van der Waals surface area contributed by atoms with E-state index in [4.69, 9.17) is 0 Å². The van der Waals surface area contributed by atoms with Crippen molar-refractivity contribution in [2.45, 2.75) is 38.8 Å². The quantitative estimate of drug-likeness (QED) is 0.473. The number of amides is 1. The molecular formula is C23H25NO4. The van der Waals surface area contributed by atoms with Crippen LogP contribution in [0.4, 0.5) is 0 Å². The normalized spacial score (nSPS) is 20.0.